The van der Waals surface area contributed by atoms with Crippen molar-refractivity contribution >= 4 is 16.9 Å². The van der Waals surface area contributed by atoms with Gasteiger partial charge in [0.05, 0.1) is 0 Å². The average Bonchev–Trinajstić information content (AvgIpc) is 3.04. The average molecular weight is 351 g/mol. The van der Waals surface area contributed by atoms with E-state index in [4.69, 9.17) is 13.9 Å². The van der Waals surface area contributed by atoms with E-state index in [2.05, 4.69) is 6.92 Å². The van der Waals surface area contributed by atoms with Gasteiger partial charge in [-0.15, -0.1) is 0 Å². The fourth-order valence-corrected chi connectivity index (χ4v) is 3.31. The quantitative estimate of drug-likeness (QED) is 0.717. The molecule has 0 fully saturated rings. The molecule has 2 aromatic carbocycles. The third kappa shape index (κ3) is 2.90. The highest BCUT2D eigenvalue weighted by Gasteiger charge is 2.30. The molecule has 1 amide bonds. The molecule has 0 saturated heterocycles. The molecule has 0 spiro atoms. The van der Waals surface area contributed by atoms with E-state index >= 15 is 0 Å². The monoisotopic (exact) mass is 351 g/mol. The SMILES string of the molecule is CCc1oc2ccccc2c1CN(C)C(=O)C1COc2ccccc2O1. The number of furan rings is 1. The predicted molar refractivity (Wildman–Crippen MR) is 98.4 cm³/mol. The molecule has 1 aliphatic heterocycles. The van der Waals surface area contributed by atoms with Crippen molar-refractivity contribution in [1.82, 2.24) is 4.90 Å². The lowest BCUT2D eigenvalue weighted by molar-refractivity contribution is -0.140. The number of carbonyl (C=O) groups excluding carboxylic acids is 1. The number of ether oxygens (including phenoxy) is 2. The van der Waals surface area contributed by atoms with Crippen LogP contribution in [0.15, 0.2) is 52.9 Å². The molecule has 0 bridgehead atoms. The summed E-state index contributed by atoms with van der Waals surface area (Å²) < 4.78 is 17.4. The molecule has 2 heterocycles. The van der Waals surface area contributed by atoms with Crippen molar-refractivity contribution in [3.63, 3.8) is 0 Å². The van der Waals surface area contributed by atoms with E-state index in [1.165, 1.54) is 0 Å². The summed E-state index contributed by atoms with van der Waals surface area (Å²) in [5.74, 6) is 2.09. The van der Waals surface area contributed by atoms with Gasteiger partial charge in [0.25, 0.3) is 5.91 Å². The first kappa shape index (κ1) is 16.5. The van der Waals surface area contributed by atoms with Crippen LogP contribution in [0.1, 0.15) is 18.2 Å². The van der Waals surface area contributed by atoms with Crippen LogP contribution >= 0.6 is 0 Å². The Morgan fingerprint density at radius 3 is 2.65 bits per heavy atom. The van der Waals surface area contributed by atoms with Gasteiger partial charge in [-0.1, -0.05) is 37.3 Å². The minimum absolute atomic E-state index is 0.105. The summed E-state index contributed by atoms with van der Waals surface area (Å²) in [7, 11) is 1.79. The van der Waals surface area contributed by atoms with Gasteiger partial charge in [0.15, 0.2) is 11.5 Å². The number of fused-ring (bicyclic) bond motifs is 2. The number of carbonyl (C=O) groups is 1. The lowest BCUT2D eigenvalue weighted by Crippen LogP contribution is -2.44. The number of nitrogens with zero attached hydrogens (tertiary/aromatic N) is 1. The smallest absolute Gasteiger partial charge is 0.267 e. The summed E-state index contributed by atoms with van der Waals surface area (Å²) in [6, 6.07) is 15.3. The van der Waals surface area contributed by atoms with E-state index < -0.39 is 6.10 Å². The molecule has 5 heteroatoms. The second-order valence-electron chi connectivity index (χ2n) is 6.41. The maximum atomic E-state index is 12.9. The van der Waals surface area contributed by atoms with Gasteiger partial charge >= 0.3 is 0 Å². The normalized spacial score (nSPS) is 15.8. The van der Waals surface area contributed by atoms with Crippen LogP contribution in [-0.2, 0) is 17.8 Å². The molecule has 1 atom stereocenters. The van der Waals surface area contributed by atoms with Crippen LogP contribution in [0.5, 0.6) is 11.5 Å². The summed E-state index contributed by atoms with van der Waals surface area (Å²) in [5, 5.41) is 1.05. The van der Waals surface area contributed by atoms with Gasteiger partial charge in [0, 0.05) is 31.0 Å². The first-order chi connectivity index (χ1) is 12.7. The fourth-order valence-electron chi connectivity index (χ4n) is 3.31. The Balaban J connectivity index is 1.54. The minimum Gasteiger partial charge on any atom is -0.485 e. The second-order valence-corrected chi connectivity index (χ2v) is 6.41. The van der Waals surface area contributed by atoms with Gasteiger partial charge in [-0.2, -0.15) is 0 Å². The number of amides is 1. The maximum Gasteiger partial charge on any atom is 0.267 e. The highest BCUT2D eigenvalue weighted by Crippen LogP contribution is 2.32. The van der Waals surface area contributed by atoms with Gasteiger partial charge in [0.1, 0.15) is 18.0 Å². The highest BCUT2D eigenvalue weighted by atomic mass is 16.6. The van der Waals surface area contributed by atoms with E-state index in [9.17, 15) is 4.79 Å². The molecule has 26 heavy (non-hydrogen) atoms. The Bertz CT molecular complexity index is 946. The summed E-state index contributed by atoms with van der Waals surface area (Å²) in [4.78, 5) is 14.5. The van der Waals surface area contributed by atoms with Crippen molar-refractivity contribution in [3.05, 3.63) is 59.9 Å². The van der Waals surface area contributed by atoms with E-state index in [0.29, 0.717) is 18.0 Å². The van der Waals surface area contributed by atoms with E-state index in [0.717, 1.165) is 28.7 Å². The Hall–Kier alpha value is -2.95. The second kappa shape index (κ2) is 6.75. The zero-order valence-corrected chi connectivity index (χ0v) is 14.9. The number of hydrogen-bond acceptors (Lipinski definition) is 4. The number of rotatable bonds is 4. The Labute approximate surface area is 152 Å². The summed E-state index contributed by atoms with van der Waals surface area (Å²) >= 11 is 0. The van der Waals surface area contributed by atoms with Gasteiger partial charge in [-0.05, 0) is 18.2 Å². The van der Waals surface area contributed by atoms with Crippen molar-refractivity contribution in [2.24, 2.45) is 0 Å². The Kier molecular flexibility index (Phi) is 4.29. The van der Waals surface area contributed by atoms with Gasteiger partial charge in [0.2, 0.25) is 6.10 Å². The number of hydrogen-bond donors (Lipinski definition) is 0. The molecule has 134 valence electrons. The van der Waals surface area contributed by atoms with Gasteiger partial charge in [-0.25, -0.2) is 0 Å². The highest BCUT2D eigenvalue weighted by molar-refractivity contribution is 5.85. The van der Waals surface area contributed by atoms with Crippen molar-refractivity contribution in [2.75, 3.05) is 13.7 Å². The maximum absolute atomic E-state index is 12.9. The van der Waals surface area contributed by atoms with E-state index in [1.807, 2.05) is 48.5 Å². The van der Waals surface area contributed by atoms with Crippen LogP contribution in [0.25, 0.3) is 11.0 Å². The lowest BCUT2D eigenvalue weighted by Gasteiger charge is -2.28. The van der Waals surface area contributed by atoms with Crippen LogP contribution in [0.4, 0.5) is 0 Å². The van der Waals surface area contributed by atoms with Gasteiger partial charge in [-0.3, -0.25) is 4.79 Å². The molecule has 1 aliphatic rings. The summed E-state index contributed by atoms with van der Waals surface area (Å²) in [6.07, 6.45) is 0.140. The van der Waals surface area contributed by atoms with Crippen molar-refractivity contribution < 1.29 is 18.7 Å². The zero-order chi connectivity index (χ0) is 18.1. The van der Waals surface area contributed by atoms with Crippen molar-refractivity contribution in [3.8, 4) is 11.5 Å². The van der Waals surface area contributed by atoms with Crippen LogP contribution < -0.4 is 9.47 Å². The molecule has 0 N–H and O–H groups in total. The molecule has 1 aromatic heterocycles. The first-order valence-corrected chi connectivity index (χ1v) is 8.80. The molecule has 4 rings (SSSR count). The first-order valence-electron chi connectivity index (χ1n) is 8.80. The number of likely N-dealkylation sites (N-methyl/N-ethyl adjacent to an activating group) is 1. The minimum atomic E-state index is -0.641. The van der Waals surface area contributed by atoms with Crippen LogP contribution in [0, 0.1) is 0 Å². The number of para-hydroxylation sites is 3. The lowest BCUT2D eigenvalue weighted by atomic mass is 10.1. The molecule has 0 aliphatic carbocycles. The van der Waals surface area contributed by atoms with Gasteiger partial charge < -0.3 is 18.8 Å². The molecular weight excluding hydrogens is 330 g/mol. The van der Waals surface area contributed by atoms with Crippen molar-refractivity contribution in [1.29, 1.82) is 0 Å². The summed E-state index contributed by atoms with van der Waals surface area (Å²) in [6.45, 7) is 2.74. The zero-order valence-electron chi connectivity index (χ0n) is 14.9. The molecule has 0 saturated carbocycles. The topological polar surface area (TPSA) is 51.9 Å². The number of aryl methyl sites for hydroxylation is 1. The fraction of sp³-hybridized carbons (Fsp3) is 0.286. The van der Waals surface area contributed by atoms with E-state index in [1.54, 1.807) is 11.9 Å². The molecular formula is C21H21NO4. The standard InChI is InChI=1S/C21H21NO4/c1-3-16-15(14-8-4-5-9-17(14)25-16)12-22(2)21(23)20-13-24-18-10-6-7-11-19(18)26-20/h4-11,20H,3,12-13H2,1-2H3. The number of benzene rings is 2. The predicted octanol–water partition coefficient (Wildman–Crippen LogP) is 3.79. The Morgan fingerprint density at radius 2 is 1.85 bits per heavy atom. The molecule has 1 unspecified atom stereocenters. The van der Waals surface area contributed by atoms with Crippen LogP contribution in [-0.4, -0.2) is 30.6 Å². The van der Waals surface area contributed by atoms with Crippen LogP contribution in [0.3, 0.4) is 0 Å². The van der Waals surface area contributed by atoms with E-state index in [-0.39, 0.29) is 12.5 Å². The van der Waals surface area contributed by atoms with Crippen molar-refractivity contribution in [2.45, 2.75) is 26.0 Å². The molecule has 3 aromatic rings. The third-order valence-electron chi connectivity index (χ3n) is 4.66. The summed E-state index contributed by atoms with van der Waals surface area (Å²) in [5.41, 5.74) is 1.91. The Morgan fingerprint density at radius 1 is 1.12 bits per heavy atom. The molecule has 5 nitrogen and oxygen atoms in total. The largest absolute Gasteiger partial charge is 0.485 e. The van der Waals surface area contributed by atoms with Crippen LogP contribution in [0.2, 0.25) is 0 Å². The third-order valence-corrected chi connectivity index (χ3v) is 4.66. The molecule has 0 radical (unpaired) electrons.